The van der Waals surface area contributed by atoms with E-state index in [4.69, 9.17) is 9.47 Å². The molecule has 4 aromatic carbocycles. The van der Waals surface area contributed by atoms with Crippen molar-refractivity contribution >= 4 is 11.9 Å². The van der Waals surface area contributed by atoms with E-state index in [2.05, 4.69) is 0 Å². The van der Waals surface area contributed by atoms with E-state index in [1.54, 1.807) is 24.3 Å². The normalized spacial score (nSPS) is 14.4. The minimum absolute atomic E-state index is 0.248. The van der Waals surface area contributed by atoms with E-state index in [1.165, 1.54) is 0 Å². The number of ether oxygens (including phenoxy) is 2. The first kappa shape index (κ1) is 34.6. The third-order valence-corrected chi connectivity index (χ3v) is 9.06. The molecule has 0 aliphatic rings. The Balaban J connectivity index is 1.19. The molecular formula is C41H48O5. The molecule has 0 aliphatic carbocycles. The highest BCUT2D eigenvalue weighted by atomic mass is 16.5. The number of unbranched alkanes of at least 4 members (excludes halogenated alkanes) is 4. The summed E-state index contributed by atoms with van der Waals surface area (Å²) in [6, 6.07) is 38.1. The molecule has 0 bridgehead atoms. The zero-order valence-corrected chi connectivity index (χ0v) is 27.3. The SMILES string of the molecule is CC(CCCCCC(O)CCCCCC(C)(C(=O)Oc1ccccc1)c1ccccc1)(C(=O)Oc1ccccc1)c1ccccc1. The first-order chi connectivity index (χ1) is 22.3. The Hall–Kier alpha value is -4.22. The van der Waals surface area contributed by atoms with Crippen LogP contribution in [0.3, 0.4) is 0 Å². The molecule has 0 fully saturated rings. The molecule has 1 N–H and O–H groups in total. The van der Waals surface area contributed by atoms with Crippen molar-refractivity contribution in [2.24, 2.45) is 0 Å². The van der Waals surface area contributed by atoms with Gasteiger partial charge >= 0.3 is 11.9 Å². The second-order valence-electron chi connectivity index (χ2n) is 12.7. The van der Waals surface area contributed by atoms with Crippen LogP contribution in [0.1, 0.15) is 89.2 Å². The molecule has 2 unspecified atom stereocenters. The molecule has 0 saturated heterocycles. The van der Waals surface area contributed by atoms with Crippen LogP contribution in [0.4, 0.5) is 0 Å². The van der Waals surface area contributed by atoms with E-state index in [0.29, 0.717) is 24.3 Å². The van der Waals surface area contributed by atoms with Gasteiger partial charge in [-0.2, -0.15) is 0 Å². The number of aliphatic hydroxyl groups is 1. The van der Waals surface area contributed by atoms with E-state index in [1.807, 2.05) is 111 Å². The van der Waals surface area contributed by atoms with Crippen LogP contribution >= 0.6 is 0 Å². The van der Waals surface area contributed by atoms with Crippen LogP contribution in [0, 0.1) is 0 Å². The molecule has 4 rings (SSSR count). The summed E-state index contributed by atoms with van der Waals surface area (Å²) < 4.78 is 11.5. The number of aliphatic hydroxyl groups excluding tert-OH is 1. The predicted octanol–water partition coefficient (Wildman–Crippen LogP) is 9.38. The summed E-state index contributed by atoms with van der Waals surface area (Å²) >= 11 is 0. The van der Waals surface area contributed by atoms with Gasteiger partial charge in [-0.1, -0.05) is 136 Å². The summed E-state index contributed by atoms with van der Waals surface area (Å²) in [7, 11) is 0. The Labute approximate surface area is 274 Å². The Morgan fingerprint density at radius 2 is 0.848 bits per heavy atom. The molecule has 0 aliphatic heterocycles. The van der Waals surface area contributed by atoms with E-state index < -0.39 is 10.8 Å². The van der Waals surface area contributed by atoms with Crippen LogP contribution in [0.5, 0.6) is 11.5 Å². The van der Waals surface area contributed by atoms with Gasteiger partial charge in [0.15, 0.2) is 0 Å². The Morgan fingerprint density at radius 3 is 1.20 bits per heavy atom. The summed E-state index contributed by atoms with van der Waals surface area (Å²) in [6.45, 7) is 3.93. The maximum atomic E-state index is 13.4. The lowest BCUT2D eigenvalue weighted by Gasteiger charge is -2.28. The average Bonchev–Trinajstić information content (AvgIpc) is 3.09. The van der Waals surface area contributed by atoms with Gasteiger partial charge in [0.05, 0.1) is 16.9 Å². The number of hydrogen-bond acceptors (Lipinski definition) is 5. The minimum atomic E-state index is -0.752. The van der Waals surface area contributed by atoms with E-state index in [9.17, 15) is 14.7 Å². The van der Waals surface area contributed by atoms with Crippen LogP contribution in [-0.2, 0) is 20.4 Å². The van der Waals surface area contributed by atoms with E-state index in [0.717, 1.165) is 62.5 Å². The predicted molar refractivity (Wildman–Crippen MR) is 184 cm³/mol. The summed E-state index contributed by atoms with van der Waals surface area (Å²) in [5.74, 6) is 0.604. The van der Waals surface area contributed by atoms with Crippen molar-refractivity contribution in [2.45, 2.75) is 95.0 Å². The van der Waals surface area contributed by atoms with Crippen molar-refractivity contribution in [1.82, 2.24) is 0 Å². The lowest BCUT2D eigenvalue weighted by atomic mass is 9.78. The van der Waals surface area contributed by atoms with Crippen molar-refractivity contribution in [3.8, 4) is 11.5 Å². The van der Waals surface area contributed by atoms with Gasteiger partial charge < -0.3 is 14.6 Å². The Morgan fingerprint density at radius 1 is 0.522 bits per heavy atom. The van der Waals surface area contributed by atoms with Crippen LogP contribution in [-0.4, -0.2) is 23.1 Å². The number of benzene rings is 4. The molecule has 4 aromatic rings. The highest BCUT2D eigenvalue weighted by molar-refractivity contribution is 5.85. The zero-order chi connectivity index (χ0) is 32.7. The third-order valence-electron chi connectivity index (χ3n) is 9.06. The number of carbonyl (C=O) groups excluding carboxylic acids is 2. The van der Waals surface area contributed by atoms with Crippen LogP contribution in [0.2, 0.25) is 0 Å². The molecule has 5 heteroatoms. The fraction of sp³-hybridized carbons (Fsp3) is 0.366. The lowest BCUT2D eigenvalue weighted by Crippen LogP contribution is -2.36. The van der Waals surface area contributed by atoms with Crippen LogP contribution < -0.4 is 9.47 Å². The Bertz CT molecular complexity index is 1350. The van der Waals surface area contributed by atoms with E-state index in [-0.39, 0.29) is 18.0 Å². The maximum absolute atomic E-state index is 13.4. The van der Waals surface area contributed by atoms with Crippen LogP contribution in [0.25, 0.3) is 0 Å². The highest BCUT2D eigenvalue weighted by Gasteiger charge is 2.37. The molecule has 0 radical (unpaired) electrons. The third kappa shape index (κ3) is 9.89. The molecule has 242 valence electrons. The van der Waals surface area contributed by atoms with Gasteiger partial charge in [-0.15, -0.1) is 0 Å². The summed E-state index contributed by atoms with van der Waals surface area (Å²) in [5, 5.41) is 10.7. The van der Waals surface area contributed by atoms with Gasteiger partial charge in [-0.05, 0) is 74.9 Å². The molecule has 0 aromatic heterocycles. The van der Waals surface area contributed by atoms with Gasteiger partial charge in [0.1, 0.15) is 11.5 Å². The monoisotopic (exact) mass is 620 g/mol. The number of rotatable bonds is 18. The minimum Gasteiger partial charge on any atom is -0.426 e. The topological polar surface area (TPSA) is 72.8 Å². The largest absolute Gasteiger partial charge is 0.426 e. The molecular weight excluding hydrogens is 572 g/mol. The van der Waals surface area contributed by atoms with Gasteiger partial charge in [0.25, 0.3) is 0 Å². The number of hydrogen-bond donors (Lipinski definition) is 1. The fourth-order valence-electron chi connectivity index (χ4n) is 5.97. The Kier molecular flexibility index (Phi) is 13.2. The number of esters is 2. The second-order valence-corrected chi connectivity index (χ2v) is 12.7. The van der Waals surface area contributed by atoms with Gasteiger partial charge in [-0.25, -0.2) is 0 Å². The highest BCUT2D eigenvalue weighted by Crippen LogP contribution is 2.34. The molecule has 0 saturated carbocycles. The second kappa shape index (κ2) is 17.5. The smallest absolute Gasteiger partial charge is 0.321 e. The van der Waals surface area contributed by atoms with Crippen molar-refractivity contribution in [1.29, 1.82) is 0 Å². The van der Waals surface area contributed by atoms with Crippen LogP contribution in [0.15, 0.2) is 121 Å². The standard InChI is InChI=1S/C41H48O5/c1-40(33-21-9-3-10-22-33,38(43)45-36-27-15-5-16-28-36)31-19-7-13-25-35(42)26-14-8-20-32-41(2,34-23-11-4-12-24-34)39(44)46-37-29-17-6-18-30-37/h3-6,9-12,15-18,21-24,27-30,35,42H,7-8,13-14,19-20,25-26,31-32H2,1-2H3. The van der Waals surface area contributed by atoms with Gasteiger partial charge in [0, 0.05) is 0 Å². The molecule has 0 spiro atoms. The van der Waals surface area contributed by atoms with Gasteiger partial charge in [-0.3, -0.25) is 9.59 Å². The van der Waals surface area contributed by atoms with Crippen molar-refractivity contribution in [2.75, 3.05) is 0 Å². The molecule has 0 amide bonds. The molecule has 0 heterocycles. The van der Waals surface area contributed by atoms with Gasteiger partial charge in [0.2, 0.25) is 0 Å². The quantitative estimate of drug-likeness (QED) is 0.0682. The lowest BCUT2D eigenvalue weighted by molar-refractivity contribution is -0.141. The fourth-order valence-corrected chi connectivity index (χ4v) is 5.97. The number of carbonyl (C=O) groups is 2. The van der Waals surface area contributed by atoms with E-state index >= 15 is 0 Å². The zero-order valence-electron chi connectivity index (χ0n) is 27.3. The summed E-state index contributed by atoms with van der Waals surface area (Å²) in [5.41, 5.74) is 0.398. The first-order valence-electron chi connectivity index (χ1n) is 16.6. The van der Waals surface area contributed by atoms with Crippen molar-refractivity contribution in [3.05, 3.63) is 132 Å². The average molecular weight is 621 g/mol. The maximum Gasteiger partial charge on any atom is 0.321 e. The number of para-hydroxylation sites is 2. The van der Waals surface area contributed by atoms with Crippen molar-refractivity contribution < 1.29 is 24.2 Å². The first-order valence-corrected chi connectivity index (χ1v) is 16.6. The molecule has 46 heavy (non-hydrogen) atoms. The molecule has 2 atom stereocenters. The van der Waals surface area contributed by atoms with Crippen molar-refractivity contribution in [3.63, 3.8) is 0 Å². The molecule has 5 nitrogen and oxygen atoms in total. The summed E-state index contributed by atoms with van der Waals surface area (Å²) in [6.07, 6.45) is 7.84. The summed E-state index contributed by atoms with van der Waals surface area (Å²) in [4.78, 5) is 26.7.